The van der Waals surface area contributed by atoms with E-state index in [1.54, 1.807) is 56.4 Å². The van der Waals surface area contributed by atoms with E-state index in [2.05, 4.69) is 25.9 Å². The lowest BCUT2D eigenvalue weighted by Crippen LogP contribution is -2.16. The summed E-state index contributed by atoms with van der Waals surface area (Å²) >= 11 is 0. The van der Waals surface area contributed by atoms with Gasteiger partial charge in [-0.2, -0.15) is 14.7 Å². The highest BCUT2D eigenvalue weighted by atomic mass is 32.2. The largest absolute Gasteiger partial charge is 0.339 e. The van der Waals surface area contributed by atoms with Crippen LogP contribution in [0.1, 0.15) is 19.4 Å². The van der Waals surface area contributed by atoms with E-state index >= 15 is 0 Å². The fourth-order valence-corrected chi connectivity index (χ4v) is 4.25. The van der Waals surface area contributed by atoms with Crippen LogP contribution in [0.5, 0.6) is 0 Å². The van der Waals surface area contributed by atoms with Crippen LogP contribution < -0.4 is 10.7 Å². The summed E-state index contributed by atoms with van der Waals surface area (Å²) in [4.78, 5) is 4.53. The number of hydrogen-bond acceptors (Lipinski definition) is 7. The SMILES string of the molecule is CC(C)S(=O)(=O)c1ccccc1Nc1cc(N/N=C/c2ccc(F)cc2F)nc2ccnn12. The number of nitrogens with zero attached hydrogens (tertiary/aromatic N) is 4. The molecule has 2 aromatic carbocycles. The van der Waals surface area contributed by atoms with Crippen LogP contribution in [0.25, 0.3) is 5.65 Å². The minimum absolute atomic E-state index is 0.0977. The lowest BCUT2D eigenvalue weighted by molar-refractivity contribution is 0.582. The molecule has 4 aromatic rings. The smallest absolute Gasteiger partial charge is 0.182 e. The Balaban J connectivity index is 1.66. The number of aromatic nitrogens is 3. The lowest BCUT2D eigenvalue weighted by Gasteiger charge is -2.15. The van der Waals surface area contributed by atoms with E-state index in [1.807, 2.05) is 0 Å². The van der Waals surface area contributed by atoms with Gasteiger partial charge in [-0.3, -0.25) is 5.43 Å². The van der Waals surface area contributed by atoms with Gasteiger partial charge in [-0.25, -0.2) is 22.2 Å². The maximum Gasteiger partial charge on any atom is 0.182 e. The average Bonchev–Trinajstić information content (AvgIpc) is 3.24. The summed E-state index contributed by atoms with van der Waals surface area (Å²) in [5.41, 5.74) is 3.66. The second-order valence-electron chi connectivity index (χ2n) is 7.38. The molecule has 8 nitrogen and oxygen atoms in total. The number of fused-ring (bicyclic) bond motifs is 1. The fraction of sp³-hybridized carbons (Fsp3) is 0.136. The number of halogens is 2. The van der Waals surface area contributed by atoms with E-state index in [1.165, 1.54) is 16.8 Å². The number of benzene rings is 2. The number of hydrogen-bond donors (Lipinski definition) is 2. The van der Waals surface area contributed by atoms with E-state index in [-0.39, 0.29) is 10.5 Å². The van der Waals surface area contributed by atoms with Gasteiger partial charge in [-0.15, -0.1) is 0 Å². The number of sulfone groups is 1. The fourth-order valence-electron chi connectivity index (χ4n) is 3.04. The topological polar surface area (TPSA) is 101 Å². The van der Waals surface area contributed by atoms with Crippen molar-refractivity contribution >= 4 is 39.0 Å². The van der Waals surface area contributed by atoms with Crippen LogP contribution in [0.2, 0.25) is 0 Å². The van der Waals surface area contributed by atoms with Crippen molar-refractivity contribution in [2.24, 2.45) is 5.10 Å². The van der Waals surface area contributed by atoms with E-state index in [0.717, 1.165) is 12.1 Å². The van der Waals surface area contributed by atoms with Crippen molar-refractivity contribution in [3.8, 4) is 0 Å². The lowest BCUT2D eigenvalue weighted by atomic mass is 10.2. The molecule has 0 amide bonds. The molecule has 0 atom stereocenters. The molecule has 33 heavy (non-hydrogen) atoms. The molecule has 2 N–H and O–H groups in total. The molecular formula is C22H20F2N6O2S. The molecule has 0 saturated heterocycles. The molecule has 0 fully saturated rings. The quantitative estimate of drug-likeness (QED) is 0.307. The third kappa shape index (κ3) is 4.67. The van der Waals surface area contributed by atoms with E-state index in [0.29, 0.717) is 23.0 Å². The van der Waals surface area contributed by atoms with Crippen molar-refractivity contribution in [3.63, 3.8) is 0 Å². The van der Waals surface area contributed by atoms with Crippen molar-refractivity contribution in [2.45, 2.75) is 24.0 Å². The molecule has 0 spiro atoms. The molecule has 0 aliphatic heterocycles. The van der Waals surface area contributed by atoms with Gasteiger partial charge in [0.05, 0.1) is 28.2 Å². The molecule has 0 radical (unpaired) electrons. The Morgan fingerprint density at radius 3 is 2.64 bits per heavy atom. The predicted molar refractivity (Wildman–Crippen MR) is 123 cm³/mol. The van der Waals surface area contributed by atoms with E-state index in [4.69, 9.17) is 0 Å². The highest BCUT2D eigenvalue weighted by Crippen LogP contribution is 2.28. The number of hydrazone groups is 1. The molecule has 11 heteroatoms. The van der Waals surface area contributed by atoms with E-state index in [9.17, 15) is 17.2 Å². The van der Waals surface area contributed by atoms with Crippen molar-refractivity contribution in [3.05, 3.63) is 78.0 Å². The number of para-hydroxylation sites is 1. The van der Waals surface area contributed by atoms with Gasteiger partial charge in [-0.1, -0.05) is 12.1 Å². The van der Waals surface area contributed by atoms with Gasteiger partial charge in [0.2, 0.25) is 0 Å². The second-order valence-corrected chi connectivity index (χ2v) is 9.85. The average molecular weight is 471 g/mol. The summed E-state index contributed by atoms with van der Waals surface area (Å²) in [6.07, 6.45) is 2.75. The Morgan fingerprint density at radius 2 is 1.88 bits per heavy atom. The number of nitrogens with one attached hydrogen (secondary N) is 2. The molecule has 2 aromatic heterocycles. The third-order valence-corrected chi connectivity index (χ3v) is 6.99. The summed E-state index contributed by atoms with van der Waals surface area (Å²) < 4.78 is 53.9. The maximum absolute atomic E-state index is 13.8. The highest BCUT2D eigenvalue weighted by Gasteiger charge is 2.23. The second kappa shape index (κ2) is 8.94. The number of anilines is 3. The zero-order chi connectivity index (χ0) is 23.6. The van der Waals surface area contributed by atoms with Crippen molar-refractivity contribution < 1.29 is 17.2 Å². The van der Waals surface area contributed by atoms with Gasteiger partial charge in [0.15, 0.2) is 21.3 Å². The first-order valence-corrected chi connectivity index (χ1v) is 11.5. The predicted octanol–water partition coefficient (Wildman–Crippen LogP) is 4.38. The summed E-state index contributed by atoms with van der Waals surface area (Å²) in [7, 11) is -3.54. The molecule has 0 aliphatic rings. The normalized spacial score (nSPS) is 12.0. The van der Waals surface area contributed by atoms with Crippen LogP contribution >= 0.6 is 0 Å². The summed E-state index contributed by atoms with van der Waals surface area (Å²) in [5, 5.41) is 10.7. The van der Waals surface area contributed by atoms with Crippen LogP contribution in [-0.4, -0.2) is 34.5 Å². The van der Waals surface area contributed by atoms with Gasteiger partial charge in [-0.05, 0) is 38.1 Å². The van der Waals surface area contributed by atoms with Gasteiger partial charge in [0.25, 0.3) is 0 Å². The van der Waals surface area contributed by atoms with Crippen LogP contribution in [0, 0.1) is 11.6 Å². The van der Waals surface area contributed by atoms with Crippen molar-refractivity contribution in [1.82, 2.24) is 14.6 Å². The van der Waals surface area contributed by atoms with Crippen molar-refractivity contribution in [1.29, 1.82) is 0 Å². The van der Waals surface area contributed by atoms with Crippen LogP contribution in [0.4, 0.5) is 26.1 Å². The molecule has 0 aliphatic carbocycles. The minimum atomic E-state index is -3.54. The zero-order valence-electron chi connectivity index (χ0n) is 17.7. The molecule has 4 rings (SSSR count). The first-order chi connectivity index (χ1) is 15.8. The van der Waals surface area contributed by atoms with Crippen molar-refractivity contribution in [2.75, 3.05) is 10.7 Å². The summed E-state index contributed by atoms with van der Waals surface area (Å²) in [6.45, 7) is 3.24. The highest BCUT2D eigenvalue weighted by molar-refractivity contribution is 7.92. The maximum atomic E-state index is 13.8. The molecule has 0 bridgehead atoms. The van der Waals surface area contributed by atoms with Gasteiger partial charge >= 0.3 is 0 Å². The Morgan fingerprint density at radius 1 is 1.09 bits per heavy atom. The monoisotopic (exact) mass is 470 g/mol. The molecule has 0 saturated carbocycles. The Labute approximate surface area is 188 Å². The van der Waals surface area contributed by atoms with Crippen LogP contribution in [0.15, 0.2) is 70.8 Å². The van der Waals surface area contributed by atoms with Gasteiger partial charge in [0, 0.05) is 23.8 Å². The first-order valence-electron chi connectivity index (χ1n) is 9.94. The zero-order valence-corrected chi connectivity index (χ0v) is 18.5. The van der Waals surface area contributed by atoms with E-state index < -0.39 is 26.7 Å². The third-order valence-electron chi connectivity index (χ3n) is 4.78. The molecule has 2 heterocycles. The molecule has 170 valence electrons. The van der Waals surface area contributed by atoms with Crippen LogP contribution in [0.3, 0.4) is 0 Å². The molecule has 0 unspecified atom stereocenters. The molecular weight excluding hydrogens is 450 g/mol. The summed E-state index contributed by atoms with van der Waals surface area (Å²) in [5.74, 6) is -0.693. The standard InChI is InChI=1S/C22H20F2N6O2S/c1-14(2)33(31,32)19-6-4-3-5-18(19)27-22-12-20(28-21-9-10-26-30(21)22)29-25-13-15-7-8-16(23)11-17(15)24/h3-14,27H,1-2H3,(H,28,29)/b25-13+. The van der Waals surface area contributed by atoms with Gasteiger partial charge in [0.1, 0.15) is 17.5 Å². The van der Waals surface area contributed by atoms with Crippen LogP contribution in [-0.2, 0) is 9.84 Å². The minimum Gasteiger partial charge on any atom is -0.339 e. The van der Waals surface area contributed by atoms with Gasteiger partial charge < -0.3 is 5.32 Å². The Kier molecular flexibility index (Phi) is 6.05. The Bertz CT molecular complexity index is 1450. The first kappa shape index (κ1) is 22.3. The Hall–Kier alpha value is -3.86. The summed E-state index contributed by atoms with van der Waals surface area (Å²) in [6, 6.07) is 13.0. The number of rotatable bonds is 7.